The lowest BCUT2D eigenvalue weighted by Gasteiger charge is -2.10. The summed E-state index contributed by atoms with van der Waals surface area (Å²) < 4.78 is 3.15. The number of aryl methyl sites for hydroxylation is 4. The molecule has 30 heavy (non-hydrogen) atoms. The Hall–Kier alpha value is -3.32. The van der Waals surface area contributed by atoms with E-state index in [1.807, 2.05) is 12.1 Å². The lowest BCUT2D eigenvalue weighted by Crippen LogP contribution is -2.19. The molecule has 1 N–H and O–H groups in total. The van der Waals surface area contributed by atoms with Crippen molar-refractivity contribution in [2.24, 2.45) is 14.1 Å². The molecule has 4 rings (SSSR count). The lowest BCUT2D eigenvalue weighted by molar-refractivity contribution is 0.102. The number of carbonyl (C=O) groups excluding carboxylic acids is 1. The van der Waals surface area contributed by atoms with E-state index in [1.54, 1.807) is 53.7 Å². The summed E-state index contributed by atoms with van der Waals surface area (Å²) in [5.41, 5.74) is 5.02. The van der Waals surface area contributed by atoms with Crippen LogP contribution in [-0.4, -0.2) is 20.0 Å². The fourth-order valence-corrected chi connectivity index (χ4v) is 4.30. The smallest absolute Gasteiger partial charge is 0.322 e. The summed E-state index contributed by atoms with van der Waals surface area (Å²) in [6.45, 7) is 4.14. The molecule has 0 spiro atoms. The van der Waals surface area contributed by atoms with Crippen molar-refractivity contribution in [3.63, 3.8) is 0 Å². The minimum atomic E-state index is -0.241. The van der Waals surface area contributed by atoms with Crippen LogP contribution in [0.5, 0.6) is 0 Å². The third-order valence-electron chi connectivity index (χ3n) is 5.24. The average molecular weight is 419 g/mol. The highest BCUT2D eigenvalue weighted by Crippen LogP contribution is 2.30. The van der Waals surface area contributed by atoms with Gasteiger partial charge in [-0.15, -0.1) is 0 Å². The van der Waals surface area contributed by atoms with Gasteiger partial charge in [-0.25, -0.2) is 9.78 Å². The second-order valence-electron chi connectivity index (χ2n) is 7.26. The van der Waals surface area contributed by atoms with E-state index in [2.05, 4.69) is 36.3 Å². The summed E-state index contributed by atoms with van der Waals surface area (Å²) in [5, 5.41) is 3.58. The van der Waals surface area contributed by atoms with E-state index in [0.29, 0.717) is 16.3 Å². The summed E-state index contributed by atoms with van der Waals surface area (Å²) in [7, 11) is 3.45. The number of rotatable bonds is 4. The molecule has 2 aromatic carbocycles. The maximum absolute atomic E-state index is 13.0. The molecule has 7 heteroatoms. The van der Waals surface area contributed by atoms with Crippen molar-refractivity contribution in [2.45, 2.75) is 23.8 Å². The molecule has 0 radical (unpaired) electrons. The Morgan fingerprint density at radius 3 is 2.50 bits per heavy atom. The summed E-state index contributed by atoms with van der Waals surface area (Å²) in [4.78, 5) is 30.6. The summed E-state index contributed by atoms with van der Waals surface area (Å²) >= 11 is 1.47. The largest absolute Gasteiger partial charge is 0.328 e. The predicted molar refractivity (Wildman–Crippen MR) is 120 cm³/mol. The highest BCUT2D eigenvalue weighted by Gasteiger charge is 2.15. The van der Waals surface area contributed by atoms with E-state index in [4.69, 9.17) is 0 Å². The van der Waals surface area contributed by atoms with Crippen LogP contribution in [0.1, 0.15) is 21.5 Å². The van der Waals surface area contributed by atoms with Crippen molar-refractivity contribution in [1.82, 2.24) is 14.1 Å². The van der Waals surface area contributed by atoms with Crippen LogP contribution < -0.4 is 11.0 Å². The van der Waals surface area contributed by atoms with Gasteiger partial charge in [-0.1, -0.05) is 17.8 Å². The zero-order valence-electron chi connectivity index (χ0n) is 17.3. The first kappa shape index (κ1) is 20.0. The molecule has 0 atom stereocenters. The van der Waals surface area contributed by atoms with Crippen molar-refractivity contribution in [1.29, 1.82) is 0 Å². The fraction of sp³-hybridized carbons (Fsp3) is 0.174. The van der Waals surface area contributed by atoms with Crippen LogP contribution in [0.4, 0.5) is 5.69 Å². The molecule has 4 aromatic rings. The highest BCUT2D eigenvalue weighted by atomic mass is 32.2. The van der Waals surface area contributed by atoms with E-state index in [1.165, 1.54) is 22.9 Å². The monoisotopic (exact) mass is 418 g/mol. The molecule has 1 amide bonds. The molecule has 0 bridgehead atoms. The number of hydrogen-bond acceptors (Lipinski definition) is 4. The van der Waals surface area contributed by atoms with Crippen LogP contribution in [0.3, 0.4) is 0 Å². The Labute approximate surface area is 178 Å². The predicted octanol–water partition coefficient (Wildman–Crippen LogP) is 4.29. The van der Waals surface area contributed by atoms with Crippen molar-refractivity contribution in [2.75, 3.05) is 5.32 Å². The number of hydrogen-bond donors (Lipinski definition) is 1. The fourth-order valence-electron chi connectivity index (χ4n) is 3.32. The molecule has 152 valence electrons. The number of nitrogens with zero attached hydrogens (tertiary/aromatic N) is 3. The van der Waals surface area contributed by atoms with Crippen molar-refractivity contribution < 1.29 is 4.79 Å². The number of anilines is 1. The normalized spacial score (nSPS) is 11.1. The van der Waals surface area contributed by atoms with Gasteiger partial charge in [0.15, 0.2) is 0 Å². The van der Waals surface area contributed by atoms with Gasteiger partial charge in [-0.3, -0.25) is 13.9 Å². The van der Waals surface area contributed by atoms with E-state index < -0.39 is 0 Å². The van der Waals surface area contributed by atoms with Gasteiger partial charge in [0.2, 0.25) is 0 Å². The van der Waals surface area contributed by atoms with Gasteiger partial charge in [0.25, 0.3) is 5.91 Å². The standard InChI is InChI=1S/C23H22N4O2S/c1-14-7-9-17(12-15(14)2)30-22-18(6-5-11-24-22)21(28)25-16-8-10-19-20(13-16)27(4)23(29)26(19)3/h5-13H,1-4H3,(H,25,28). The zero-order valence-corrected chi connectivity index (χ0v) is 18.1. The van der Waals surface area contributed by atoms with Crippen molar-refractivity contribution >= 4 is 34.4 Å². The van der Waals surface area contributed by atoms with E-state index in [9.17, 15) is 9.59 Å². The topological polar surface area (TPSA) is 68.9 Å². The van der Waals surface area contributed by atoms with E-state index in [-0.39, 0.29) is 11.6 Å². The molecule has 0 saturated heterocycles. The van der Waals surface area contributed by atoms with Crippen LogP contribution >= 0.6 is 11.8 Å². The van der Waals surface area contributed by atoms with Gasteiger partial charge in [-0.05, 0) is 67.4 Å². The number of benzene rings is 2. The molecule has 0 aliphatic carbocycles. The third kappa shape index (κ3) is 3.64. The molecular weight excluding hydrogens is 396 g/mol. The first-order valence-corrected chi connectivity index (χ1v) is 10.3. The van der Waals surface area contributed by atoms with Gasteiger partial charge >= 0.3 is 5.69 Å². The molecular formula is C23H22N4O2S. The second kappa shape index (κ2) is 7.84. The van der Waals surface area contributed by atoms with Crippen LogP contribution in [0.2, 0.25) is 0 Å². The second-order valence-corrected chi connectivity index (χ2v) is 8.32. The van der Waals surface area contributed by atoms with E-state index >= 15 is 0 Å². The lowest BCUT2D eigenvalue weighted by atomic mass is 10.1. The Balaban J connectivity index is 1.63. The molecule has 0 aliphatic rings. The van der Waals surface area contributed by atoms with Crippen molar-refractivity contribution in [3.8, 4) is 0 Å². The van der Waals surface area contributed by atoms with Gasteiger partial charge < -0.3 is 5.32 Å². The van der Waals surface area contributed by atoms with Crippen LogP contribution in [0, 0.1) is 13.8 Å². The van der Waals surface area contributed by atoms with Crippen LogP contribution in [0.25, 0.3) is 11.0 Å². The molecule has 0 saturated carbocycles. The minimum Gasteiger partial charge on any atom is -0.322 e. The Morgan fingerprint density at radius 1 is 0.967 bits per heavy atom. The maximum atomic E-state index is 13.0. The SMILES string of the molecule is Cc1ccc(Sc2ncccc2C(=O)Nc2ccc3c(c2)n(C)c(=O)n3C)cc1C. The van der Waals surface area contributed by atoms with Crippen LogP contribution in [-0.2, 0) is 14.1 Å². The molecule has 0 unspecified atom stereocenters. The number of imidazole rings is 1. The zero-order chi connectivity index (χ0) is 21.4. The van der Waals surface area contributed by atoms with Gasteiger partial charge in [0, 0.05) is 30.9 Å². The Bertz CT molecular complexity index is 1340. The third-order valence-corrected chi connectivity index (χ3v) is 6.25. The highest BCUT2D eigenvalue weighted by molar-refractivity contribution is 7.99. The maximum Gasteiger partial charge on any atom is 0.328 e. The van der Waals surface area contributed by atoms with Crippen LogP contribution in [0.15, 0.2) is 69.4 Å². The quantitative estimate of drug-likeness (QED) is 0.537. The summed E-state index contributed by atoms with van der Waals surface area (Å²) in [5.74, 6) is -0.241. The molecule has 0 aliphatic heterocycles. The number of nitrogens with one attached hydrogen (secondary N) is 1. The van der Waals surface area contributed by atoms with E-state index in [0.717, 1.165) is 15.9 Å². The van der Waals surface area contributed by atoms with Gasteiger partial charge in [-0.2, -0.15) is 0 Å². The number of pyridine rings is 1. The Morgan fingerprint density at radius 2 is 1.73 bits per heavy atom. The first-order valence-electron chi connectivity index (χ1n) is 9.52. The van der Waals surface area contributed by atoms with Gasteiger partial charge in [0.05, 0.1) is 16.6 Å². The Kier molecular flexibility index (Phi) is 5.22. The first-order chi connectivity index (χ1) is 14.3. The average Bonchev–Trinajstić information content (AvgIpc) is 2.95. The minimum absolute atomic E-state index is 0.104. The van der Waals surface area contributed by atoms with Gasteiger partial charge in [0.1, 0.15) is 5.03 Å². The molecule has 2 aromatic heterocycles. The van der Waals surface area contributed by atoms with Crippen molar-refractivity contribution in [3.05, 3.63) is 81.9 Å². The number of carbonyl (C=O) groups is 1. The number of amides is 1. The number of fused-ring (bicyclic) bond motifs is 1. The molecule has 2 heterocycles. The summed E-state index contributed by atoms with van der Waals surface area (Å²) in [6.07, 6.45) is 1.69. The molecule has 0 fully saturated rings. The molecule has 6 nitrogen and oxygen atoms in total. The summed E-state index contributed by atoms with van der Waals surface area (Å²) in [6, 6.07) is 15.2. The number of aromatic nitrogens is 3.